The molecule has 2 atom stereocenters. The summed E-state index contributed by atoms with van der Waals surface area (Å²) in [5.74, 6) is 0.372. The van der Waals surface area contributed by atoms with Gasteiger partial charge in [-0.1, -0.05) is 0 Å². The summed E-state index contributed by atoms with van der Waals surface area (Å²) in [5, 5.41) is 0. The van der Waals surface area contributed by atoms with Crippen LogP contribution >= 0.6 is 22.6 Å². The quantitative estimate of drug-likeness (QED) is 0.715. The van der Waals surface area contributed by atoms with Crippen molar-refractivity contribution in [3.63, 3.8) is 0 Å². The zero-order valence-electron chi connectivity index (χ0n) is 11.7. The van der Waals surface area contributed by atoms with Gasteiger partial charge in [0, 0.05) is 16.7 Å². The van der Waals surface area contributed by atoms with Crippen LogP contribution in [-0.2, 0) is 14.8 Å². The van der Waals surface area contributed by atoms with Crippen molar-refractivity contribution in [2.75, 3.05) is 20.2 Å². The zero-order chi connectivity index (χ0) is 14.9. The van der Waals surface area contributed by atoms with Gasteiger partial charge in [-0.25, -0.2) is 8.42 Å². The molecule has 0 spiro atoms. The van der Waals surface area contributed by atoms with Crippen LogP contribution in [0.3, 0.4) is 0 Å². The van der Waals surface area contributed by atoms with Gasteiger partial charge >= 0.3 is 0 Å². The summed E-state index contributed by atoms with van der Waals surface area (Å²) in [4.78, 5) is 0.216. The average molecular weight is 411 g/mol. The summed E-state index contributed by atoms with van der Waals surface area (Å²) < 4.78 is 38.7. The molecule has 1 heterocycles. The number of ether oxygens (including phenoxy) is 2. The highest BCUT2D eigenvalue weighted by atomic mass is 127. The molecule has 0 amide bonds. The zero-order valence-corrected chi connectivity index (χ0v) is 14.6. The van der Waals surface area contributed by atoms with E-state index in [1.807, 2.05) is 19.9 Å². The molecule has 1 aromatic carbocycles. The molecular formula is C13H18INO4S. The van der Waals surface area contributed by atoms with Crippen molar-refractivity contribution in [1.82, 2.24) is 4.31 Å². The molecule has 1 aliphatic rings. The third-order valence-electron chi connectivity index (χ3n) is 3.13. The maximum atomic E-state index is 12.8. The molecule has 0 aliphatic carbocycles. The average Bonchev–Trinajstić information content (AvgIpc) is 2.37. The lowest BCUT2D eigenvalue weighted by atomic mass is 10.3. The molecule has 0 unspecified atom stereocenters. The first kappa shape index (κ1) is 16.0. The second-order valence-corrected chi connectivity index (χ2v) is 8.03. The fraction of sp³-hybridized carbons (Fsp3) is 0.538. The van der Waals surface area contributed by atoms with E-state index in [-0.39, 0.29) is 17.1 Å². The minimum Gasteiger partial charge on any atom is -0.495 e. The minimum absolute atomic E-state index is 0.109. The van der Waals surface area contributed by atoms with Gasteiger partial charge in [-0.2, -0.15) is 4.31 Å². The molecule has 1 aromatic rings. The number of hydrogen-bond donors (Lipinski definition) is 0. The van der Waals surface area contributed by atoms with Gasteiger partial charge in [0.2, 0.25) is 10.0 Å². The number of nitrogens with zero attached hydrogens (tertiary/aromatic N) is 1. The summed E-state index contributed by atoms with van der Waals surface area (Å²) in [5.41, 5.74) is 0. The Labute approximate surface area is 133 Å². The van der Waals surface area contributed by atoms with Crippen molar-refractivity contribution in [3.8, 4) is 5.75 Å². The molecule has 0 saturated carbocycles. The Bertz CT molecular complexity index is 580. The number of hydrogen-bond acceptors (Lipinski definition) is 4. The van der Waals surface area contributed by atoms with Crippen LogP contribution in [0.2, 0.25) is 0 Å². The number of sulfonamides is 1. The Morgan fingerprint density at radius 2 is 1.90 bits per heavy atom. The molecule has 2 rings (SSSR count). The number of halogens is 1. The number of methoxy groups -OCH3 is 1. The molecule has 0 N–H and O–H groups in total. The van der Waals surface area contributed by atoms with Crippen LogP contribution in [0.1, 0.15) is 13.8 Å². The number of morpholine rings is 1. The molecule has 0 aromatic heterocycles. The lowest BCUT2D eigenvalue weighted by Gasteiger charge is -2.34. The first-order valence-electron chi connectivity index (χ1n) is 6.33. The molecule has 5 nitrogen and oxygen atoms in total. The maximum absolute atomic E-state index is 12.8. The van der Waals surface area contributed by atoms with Crippen LogP contribution in [-0.4, -0.2) is 45.1 Å². The van der Waals surface area contributed by atoms with E-state index in [1.54, 1.807) is 12.1 Å². The van der Waals surface area contributed by atoms with Crippen molar-refractivity contribution in [1.29, 1.82) is 0 Å². The summed E-state index contributed by atoms with van der Waals surface area (Å²) in [6.07, 6.45) is -0.218. The highest BCUT2D eigenvalue weighted by Crippen LogP contribution is 2.30. The molecule has 7 heteroatoms. The SMILES string of the molecule is COc1ccc(I)cc1S(=O)(=O)N1C[C@@H](C)O[C@@H](C)C1. The van der Waals surface area contributed by atoms with Crippen molar-refractivity contribution in [3.05, 3.63) is 21.8 Å². The van der Waals surface area contributed by atoms with Crippen molar-refractivity contribution < 1.29 is 17.9 Å². The molecule has 20 heavy (non-hydrogen) atoms. The van der Waals surface area contributed by atoms with Crippen LogP contribution in [0.5, 0.6) is 5.75 Å². The summed E-state index contributed by atoms with van der Waals surface area (Å²) in [6.45, 7) is 4.48. The highest BCUT2D eigenvalue weighted by molar-refractivity contribution is 14.1. The van der Waals surface area contributed by atoms with E-state index in [0.717, 1.165) is 3.57 Å². The smallest absolute Gasteiger partial charge is 0.246 e. The summed E-state index contributed by atoms with van der Waals surface area (Å²) in [6, 6.07) is 5.14. The van der Waals surface area contributed by atoms with Gasteiger partial charge in [0.25, 0.3) is 0 Å². The van der Waals surface area contributed by atoms with Crippen LogP contribution in [0.15, 0.2) is 23.1 Å². The fourth-order valence-corrected chi connectivity index (χ4v) is 4.79. The van der Waals surface area contributed by atoms with Gasteiger partial charge in [0.05, 0.1) is 19.3 Å². The Morgan fingerprint density at radius 1 is 1.30 bits per heavy atom. The van der Waals surface area contributed by atoms with Gasteiger partial charge in [0.15, 0.2) is 0 Å². The summed E-state index contributed by atoms with van der Waals surface area (Å²) >= 11 is 2.09. The van der Waals surface area contributed by atoms with E-state index in [2.05, 4.69) is 22.6 Å². The third kappa shape index (κ3) is 3.26. The number of rotatable bonds is 3. The van der Waals surface area contributed by atoms with E-state index in [9.17, 15) is 8.42 Å². The molecule has 0 bridgehead atoms. The van der Waals surface area contributed by atoms with Crippen LogP contribution in [0.4, 0.5) is 0 Å². The van der Waals surface area contributed by atoms with E-state index in [1.165, 1.54) is 11.4 Å². The minimum atomic E-state index is -3.57. The Hall–Kier alpha value is -0.380. The second-order valence-electron chi connectivity index (χ2n) is 4.87. The predicted octanol–water partition coefficient (Wildman–Crippen LogP) is 2.10. The number of benzene rings is 1. The third-order valence-corrected chi connectivity index (χ3v) is 5.65. The Balaban J connectivity index is 2.42. The van der Waals surface area contributed by atoms with Gasteiger partial charge in [-0.05, 0) is 54.6 Å². The van der Waals surface area contributed by atoms with Gasteiger partial charge in [-0.15, -0.1) is 0 Å². The Morgan fingerprint density at radius 3 is 2.45 bits per heavy atom. The largest absolute Gasteiger partial charge is 0.495 e. The predicted molar refractivity (Wildman–Crippen MR) is 84.5 cm³/mol. The molecule has 1 saturated heterocycles. The lowest BCUT2D eigenvalue weighted by molar-refractivity contribution is -0.0441. The standard InChI is InChI=1S/C13H18INO4S/c1-9-7-15(8-10(2)19-9)20(16,17)13-6-11(14)4-5-12(13)18-3/h4-6,9-10H,7-8H2,1-3H3/t9-,10+. The van der Waals surface area contributed by atoms with Gasteiger partial charge in [-0.3, -0.25) is 0 Å². The summed E-state index contributed by atoms with van der Waals surface area (Å²) in [7, 11) is -2.09. The molecule has 0 radical (unpaired) electrons. The Kier molecular flexibility index (Phi) is 4.93. The van der Waals surface area contributed by atoms with E-state index in [0.29, 0.717) is 18.8 Å². The van der Waals surface area contributed by atoms with E-state index >= 15 is 0 Å². The van der Waals surface area contributed by atoms with E-state index < -0.39 is 10.0 Å². The van der Waals surface area contributed by atoms with Crippen LogP contribution < -0.4 is 4.74 Å². The fourth-order valence-electron chi connectivity index (χ4n) is 2.32. The second kappa shape index (κ2) is 6.17. The first-order valence-corrected chi connectivity index (χ1v) is 8.85. The normalized spacial score (nSPS) is 24.6. The van der Waals surface area contributed by atoms with E-state index in [4.69, 9.17) is 9.47 Å². The molecule has 112 valence electrons. The van der Waals surface area contributed by atoms with Crippen molar-refractivity contribution in [2.24, 2.45) is 0 Å². The topological polar surface area (TPSA) is 55.8 Å². The molecule has 1 fully saturated rings. The first-order chi connectivity index (χ1) is 9.34. The monoisotopic (exact) mass is 411 g/mol. The van der Waals surface area contributed by atoms with Crippen LogP contribution in [0, 0.1) is 3.57 Å². The molecular weight excluding hydrogens is 393 g/mol. The van der Waals surface area contributed by atoms with Crippen molar-refractivity contribution in [2.45, 2.75) is 31.0 Å². The lowest BCUT2D eigenvalue weighted by Crippen LogP contribution is -2.48. The van der Waals surface area contributed by atoms with Gasteiger partial charge in [0.1, 0.15) is 10.6 Å². The maximum Gasteiger partial charge on any atom is 0.246 e. The van der Waals surface area contributed by atoms with Gasteiger partial charge < -0.3 is 9.47 Å². The van der Waals surface area contributed by atoms with Crippen molar-refractivity contribution >= 4 is 32.6 Å². The molecule has 1 aliphatic heterocycles. The highest BCUT2D eigenvalue weighted by Gasteiger charge is 2.34. The van der Waals surface area contributed by atoms with Crippen LogP contribution in [0.25, 0.3) is 0 Å².